The smallest absolute Gasteiger partial charge is 0.350 e. The molecule has 0 aliphatic carbocycles. The summed E-state index contributed by atoms with van der Waals surface area (Å²) in [5.74, 6) is 0.108. The van der Waals surface area contributed by atoms with Crippen molar-refractivity contribution in [2.24, 2.45) is 0 Å². The number of fused-ring (bicyclic) bond motifs is 1. The monoisotopic (exact) mass is 337 g/mol. The fourth-order valence-electron chi connectivity index (χ4n) is 1.68. The van der Waals surface area contributed by atoms with Crippen LogP contribution in [-0.4, -0.2) is 57.2 Å². The minimum Gasteiger partial charge on any atom is -0.388 e. The lowest BCUT2D eigenvalue weighted by atomic mass is 10.4. The zero-order valence-electron chi connectivity index (χ0n) is 11.3. The molecule has 1 aliphatic heterocycles. The summed E-state index contributed by atoms with van der Waals surface area (Å²) in [5.41, 5.74) is 5.19. The zero-order chi connectivity index (χ0) is 16.3. The highest BCUT2D eigenvalue weighted by Gasteiger charge is 2.25. The highest BCUT2D eigenvalue weighted by Crippen LogP contribution is 2.33. The van der Waals surface area contributed by atoms with Gasteiger partial charge >= 0.3 is 7.60 Å². The molecule has 0 spiro atoms. The lowest BCUT2D eigenvalue weighted by Crippen LogP contribution is -2.31. The Labute approximate surface area is 124 Å². The Kier molecular flexibility index (Phi) is 5.01. The van der Waals surface area contributed by atoms with E-state index in [1.165, 1.54) is 5.06 Å². The van der Waals surface area contributed by atoms with Crippen molar-refractivity contribution in [3.8, 4) is 0 Å². The van der Waals surface area contributed by atoms with E-state index in [0.717, 1.165) is 0 Å². The lowest BCUT2D eigenvalue weighted by Gasteiger charge is -2.19. The van der Waals surface area contributed by atoms with Gasteiger partial charge in [0.2, 0.25) is 5.95 Å². The minimum absolute atomic E-state index is 0.0772. The van der Waals surface area contributed by atoms with E-state index in [1.807, 2.05) is 0 Å². The maximum absolute atomic E-state index is 11.6. The van der Waals surface area contributed by atoms with Gasteiger partial charge in [-0.3, -0.25) is 19.2 Å². The van der Waals surface area contributed by atoms with E-state index in [0.29, 0.717) is 0 Å². The first kappa shape index (κ1) is 16.7. The molecule has 0 aromatic carbocycles. The first-order valence-electron chi connectivity index (χ1n) is 6.11. The molecule has 0 fully saturated rings. The first-order chi connectivity index (χ1) is 10.3. The molecule has 0 amide bonds. The molecule has 22 heavy (non-hydrogen) atoms. The van der Waals surface area contributed by atoms with Crippen LogP contribution in [0.25, 0.3) is 0 Å². The summed E-state index contributed by atoms with van der Waals surface area (Å²) < 4.78 is 15.2. The van der Waals surface area contributed by atoms with Gasteiger partial charge in [0.1, 0.15) is 31.4 Å². The van der Waals surface area contributed by atoms with Gasteiger partial charge in [-0.1, -0.05) is 0 Å². The number of aromatic amines is 1. The Morgan fingerprint density at radius 1 is 1.45 bits per heavy atom. The molecule has 1 atom stereocenters. The number of H-pyrrole nitrogens is 1. The van der Waals surface area contributed by atoms with Crippen molar-refractivity contribution in [2.45, 2.75) is 6.10 Å². The molecule has 12 nitrogen and oxygen atoms in total. The molecule has 0 bridgehead atoms. The van der Waals surface area contributed by atoms with Crippen molar-refractivity contribution in [3.05, 3.63) is 10.4 Å². The summed E-state index contributed by atoms with van der Waals surface area (Å²) in [6.45, 7) is -0.411. The molecule has 7 N–H and O–H groups in total. The minimum atomic E-state index is -4.27. The molecule has 1 unspecified atom stereocenters. The van der Waals surface area contributed by atoms with Crippen molar-refractivity contribution in [1.29, 1.82) is 0 Å². The van der Waals surface area contributed by atoms with E-state index in [2.05, 4.69) is 20.0 Å². The van der Waals surface area contributed by atoms with Crippen molar-refractivity contribution in [3.63, 3.8) is 0 Å². The second-order valence-corrected chi connectivity index (χ2v) is 6.06. The van der Waals surface area contributed by atoms with Gasteiger partial charge in [-0.15, -0.1) is 0 Å². The van der Waals surface area contributed by atoms with Gasteiger partial charge in [0.25, 0.3) is 5.56 Å². The van der Waals surface area contributed by atoms with Crippen LogP contribution in [0.4, 0.5) is 17.5 Å². The van der Waals surface area contributed by atoms with Crippen LogP contribution in [0.5, 0.6) is 0 Å². The summed E-state index contributed by atoms with van der Waals surface area (Å²) >= 11 is 0. The van der Waals surface area contributed by atoms with Crippen molar-refractivity contribution >= 4 is 25.0 Å². The van der Waals surface area contributed by atoms with Gasteiger partial charge < -0.3 is 30.7 Å². The number of hydroxylamine groups is 1. The number of aliphatic hydroxyl groups is 1. The number of aliphatic hydroxyl groups excluding tert-OH is 1. The number of nitrogens with one attached hydrogen (secondary N) is 2. The average Bonchev–Trinajstić information content (AvgIpc) is 2.78. The van der Waals surface area contributed by atoms with Gasteiger partial charge in [-0.25, -0.2) is 5.06 Å². The summed E-state index contributed by atoms with van der Waals surface area (Å²) in [7, 11) is -4.27. The maximum atomic E-state index is 11.6. The average molecular weight is 337 g/mol. The number of nitrogens with zero attached hydrogens (tertiary/aromatic N) is 2. The molecular weight excluding hydrogens is 321 g/mol. The Balaban J connectivity index is 1.84. The van der Waals surface area contributed by atoms with Crippen LogP contribution in [0.15, 0.2) is 4.79 Å². The number of rotatable bonds is 7. The fraction of sp³-hybridized carbons (Fsp3) is 0.556. The van der Waals surface area contributed by atoms with Crippen LogP contribution in [0.3, 0.4) is 0 Å². The first-order valence-corrected chi connectivity index (χ1v) is 7.90. The normalized spacial score (nSPS) is 15.5. The zero-order valence-corrected chi connectivity index (χ0v) is 12.2. The van der Waals surface area contributed by atoms with Crippen LogP contribution in [0.2, 0.25) is 0 Å². The molecule has 0 radical (unpaired) electrons. The molecule has 124 valence electrons. The fourth-order valence-corrected chi connectivity index (χ4v) is 2.03. The summed E-state index contributed by atoms with van der Waals surface area (Å²) in [5, 5.41) is 13.6. The SMILES string of the molecule is Nc1nc2c(c(=O)[nH]1)NCN2OCC(O)COCP(=O)(O)O. The Bertz CT molecular complexity index is 631. The molecule has 1 aromatic rings. The Morgan fingerprint density at radius 2 is 2.18 bits per heavy atom. The number of hydrogen-bond donors (Lipinski definition) is 6. The van der Waals surface area contributed by atoms with Gasteiger partial charge in [0, 0.05) is 0 Å². The predicted octanol–water partition coefficient (Wildman–Crippen LogP) is -2.01. The van der Waals surface area contributed by atoms with E-state index in [-0.39, 0.29) is 37.3 Å². The molecule has 2 heterocycles. The van der Waals surface area contributed by atoms with Gasteiger partial charge in [-0.2, -0.15) is 4.98 Å². The molecule has 1 aliphatic rings. The number of hydrogen-bond acceptors (Lipinski definition) is 9. The predicted molar refractivity (Wildman–Crippen MR) is 75.1 cm³/mol. The summed E-state index contributed by atoms with van der Waals surface area (Å²) in [6.07, 6.45) is -1.90. The standard InChI is InChI=1S/C9H16N5O7P/c10-9-12-7-6(8(16)13-9)11-3-14(7)21-2-5(15)1-20-4-22(17,18)19/h5,11,15H,1-4H2,(H2,17,18,19)(H3,10,12,13,16). The topological polar surface area (TPSA) is 183 Å². The quantitative estimate of drug-likeness (QED) is 0.302. The second-order valence-electron chi connectivity index (χ2n) is 4.48. The van der Waals surface area contributed by atoms with Crippen molar-refractivity contribution in [2.75, 3.05) is 42.3 Å². The van der Waals surface area contributed by atoms with Gasteiger partial charge in [-0.05, 0) is 0 Å². The number of nitrogen functional groups attached to an aromatic ring is 1. The Morgan fingerprint density at radius 3 is 2.86 bits per heavy atom. The molecule has 0 saturated heterocycles. The highest BCUT2D eigenvalue weighted by molar-refractivity contribution is 7.51. The molecule has 2 rings (SSSR count). The van der Waals surface area contributed by atoms with E-state index < -0.39 is 25.6 Å². The van der Waals surface area contributed by atoms with Crippen LogP contribution >= 0.6 is 7.60 Å². The van der Waals surface area contributed by atoms with E-state index in [4.69, 9.17) is 20.4 Å². The molecule has 1 aromatic heterocycles. The summed E-state index contributed by atoms with van der Waals surface area (Å²) in [6, 6.07) is 0. The number of aromatic nitrogens is 2. The maximum Gasteiger partial charge on any atom is 0.350 e. The third-order valence-electron chi connectivity index (χ3n) is 2.55. The van der Waals surface area contributed by atoms with E-state index in [9.17, 15) is 14.5 Å². The third kappa shape index (κ3) is 4.40. The van der Waals surface area contributed by atoms with Crippen molar-refractivity contribution < 1.29 is 29.0 Å². The number of nitrogens with two attached hydrogens (primary N) is 1. The van der Waals surface area contributed by atoms with Crippen LogP contribution in [-0.2, 0) is 14.1 Å². The highest BCUT2D eigenvalue weighted by atomic mass is 31.2. The largest absolute Gasteiger partial charge is 0.388 e. The second kappa shape index (κ2) is 6.60. The van der Waals surface area contributed by atoms with E-state index in [1.54, 1.807) is 0 Å². The Hall–Kier alpha value is -1.69. The van der Waals surface area contributed by atoms with Gasteiger partial charge in [0.15, 0.2) is 5.82 Å². The molecule has 0 saturated carbocycles. The van der Waals surface area contributed by atoms with Crippen LogP contribution in [0.1, 0.15) is 0 Å². The van der Waals surface area contributed by atoms with Crippen molar-refractivity contribution in [1.82, 2.24) is 9.97 Å². The lowest BCUT2D eigenvalue weighted by molar-refractivity contribution is -0.0181. The van der Waals surface area contributed by atoms with Gasteiger partial charge in [0.05, 0.1) is 6.61 Å². The number of ether oxygens (including phenoxy) is 1. The van der Waals surface area contributed by atoms with Crippen LogP contribution in [0, 0.1) is 0 Å². The molecule has 13 heteroatoms. The summed E-state index contributed by atoms with van der Waals surface area (Å²) in [4.78, 5) is 40.3. The van der Waals surface area contributed by atoms with Crippen LogP contribution < -0.4 is 21.7 Å². The number of anilines is 3. The van der Waals surface area contributed by atoms with E-state index >= 15 is 0 Å². The third-order valence-corrected chi connectivity index (χ3v) is 3.07. The molecular formula is C9H16N5O7P.